The Kier molecular flexibility index (Phi) is 5.16. The normalized spacial score (nSPS) is 11.6. The number of fused-ring (bicyclic) bond motifs is 1. The number of nitrogens with zero attached hydrogens (tertiary/aromatic N) is 3. The average molecular weight is 463 g/mol. The van der Waals surface area contributed by atoms with Crippen LogP contribution in [0, 0.1) is 0 Å². The van der Waals surface area contributed by atoms with Crippen LogP contribution in [0.5, 0.6) is 5.75 Å². The number of aromatic nitrogens is 3. The summed E-state index contributed by atoms with van der Waals surface area (Å²) in [5.74, 6) is 0.844. The summed E-state index contributed by atoms with van der Waals surface area (Å²) in [6.07, 6.45) is -2.84. The number of hydrogen-bond donors (Lipinski definition) is 0. The van der Waals surface area contributed by atoms with Crippen molar-refractivity contribution < 1.29 is 22.4 Å². The Morgan fingerprint density at radius 2 is 1.68 bits per heavy atom. The van der Waals surface area contributed by atoms with Crippen LogP contribution in [0.15, 0.2) is 88.3 Å². The highest BCUT2D eigenvalue weighted by atomic mass is 19.4. The lowest BCUT2D eigenvalue weighted by molar-refractivity contribution is -0.137. The highest BCUT2D eigenvalue weighted by Gasteiger charge is 2.30. The largest absolute Gasteiger partial charge is 0.497 e. The Bertz CT molecular complexity index is 1550. The summed E-state index contributed by atoms with van der Waals surface area (Å²) in [6, 6.07) is 18.5. The third-order valence-electron chi connectivity index (χ3n) is 5.38. The van der Waals surface area contributed by atoms with Gasteiger partial charge in [0.2, 0.25) is 5.82 Å². The fraction of sp³-hybridized carbons (Fsp3) is 0.0800. The van der Waals surface area contributed by atoms with Gasteiger partial charge in [0.25, 0.3) is 11.4 Å². The van der Waals surface area contributed by atoms with E-state index in [1.54, 1.807) is 54.7 Å². The number of hydrogen-bond acceptors (Lipinski definition) is 5. The van der Waals surface area contributed by atoms with E-state index in [2.05, 4.69) is 10.1 Å². The zero-order valence-corrected chi connectivity index (χ0v) is 17.7. The molecule has 0 saturated heterocycles. The lowest BCUT2D eigenvalue weighted by Crippen LogP contribution is -2.18. The zero-order valence-electron chi connectivity index (χ0n) is 17.7. The number of ether oxygens (including phenoxy) is 1. The van der Waals surface area contributed by atoms with E-state index >= 15 is 0 Å². The van der Waals surface area contributed by atoms with E-state index < -0.39 is 11.7 Å². The first-order valence-corrected chi connectivity index (χ1v) is 10.2. The molecule has 2 aromatic heterocycles. The summed E-state index contributed by atoms with van der Waals surface area (Å²) in [6.45, 7) is 0. The number of benzene rings is 3. The summed E-state index contributed by atoms with van der Waals surface area (Å²) in [7, 11) is 1.54. The second-order valence-electron chi connectivity index (χ2n) is 7.46. The van der Waals surface area contributed by atoms with Gasteiger partial charge in [-0.3, -0.25) is 9.36 Å². The van der Waals surface area contributed by atoms with Crippen molar-refractivity contribution >= 4 is 10.8 Å². The highest BCUT2D eigenvalue weighted by Crippen LogP contribution is 2.32. The Balaban J connectivity index is 1.64. The standard InChI is InChI=1S/C25H16F3N3O3/c1-33-18-6-4-5-17(13-18)31-14-21(19-7-2-3-8-20(19)24(31)32)23-29-22(30-34-23)15-9-11-16(12-10-15)25(26,27)28/h2-14H,1H3. The van der Waals surface area contributed by atoms with E-state index in [-0.39, 0.29) is 17.3 Å². The van der Waals surface area contributed by atoms with E-state index in [1.165, 1.54) is 23.8 Å². The molecule has 0 bridgehead atoms. The lowest BCUT2D eigenvalue weighted by atomic mass is 10.1. The quantitative estimate of drug-likeness (QED) is 0.340. The number of halogens is 3. The first kappa shape index (κ1) is 21.4. The second kappa shape index (κ2) is 8.18. The van der Waals surface area contributed by atoms with Gasteiger partial charge in [-0.2, -0.15) is 18.2 Å². The van der Waals surface area contributed by atoms with Gasteiger partial charge in [-0.05, 0) is 30.3 Å². The summed E-state index contributed by atoms with van der Waals surface area (Å²) >= 11 is 0. The number of methoxy groups -OCH3 is 1. The zero-order chi connectivity index (χ0) is 23.9. The molecule has 5 aromatic rings. The molecule has 0 amide bonds. The van der Waals surface area contributed by atoms with Gasteiger partial charge in [0.05, 0.1) is 23.9 Å². The maximum Gasteiger partial charge on any atom is 0.416 e. The molecule has 0 aliphatic rings. The predicted molar refractivity (Wildman–Crippen MR) is 120 cm³/mol. The van der Waals surface area contributed by atoms with Gasteiger partial charge in [-0.25, -0.2) is 0 Å². The van der Waals surface area contributed by atoms with Crippen LogP contribution in [0.1, 0.15) is 5.56 Å². The minimum absolute atomic E-state index is 0.128. The van der Waals surface area contributed by atoms with Crippen molar-refractivity contribution in [1.29, 1.82) is 0 Å². The van der Waals surface area contributed by atoms with Crippen molar-refractivity contribution in [2.24, 2.45) is 0 Å². The van der Waals surface area contributed by atoms with Crippen LogP contribution < -0.4 is 10.3 Å². The third-order valence-corrected chi connectivity index (χ3v) is 5.38. The molecule has 0 spiro atoms. The van der Waals surface area contributed by atoms with Crippen LogP contribution >= 0.6 is 0 Å². The minimum Gasteiger partial charge on any atom is -0.497 e. The molecule has 3 aromatic carbocycles. The molecule has 9 heteroatoms. The van der Waals surface area contributed by atoms with Crippen molar-refractivity contribution in [1.82, 2.24) is 14.7 Å². The van der Waals surface area contributed by atoms with Crippen LogP contribution in [0.2, 0.25) is 0 Å². The van der Waals surface area contributed by atoms with Gasteiger partial charge in [0, 0.05) is 28.6 Å². The van der Waals surface area contributed by atoms with Crippen LogP contribution in [0.3, 0.4) is 0 Å². The molecule has 5 rings (SSSR count). The second-order valence-corrected chi connectivity index (χ2v) is 7.46. The van der Waals surface area contributed by atoms with Gasteiger partial charge in [-0.1, -0.05) is 41.6 Å². The molecule has 0 unspecified atom stereocenters. The van der Waals surface area contributed by atoms with Gasteiger partial charge in [0.1, 0.15) is 5.75 Å². The molecule has 0 N–H and O–H groups in total. The van der Waals surface area contributed by atoms with Gasteiger partial charge >= 0.3 is 6.18 Å². The molecule has 0 aliphatic heterocycles. The molecule has 34 heavy (non-hydrogen) atoms. The third kappa shape index (κ3) is 3.81. The molecular weight excluding hydrogens is 447 g/mol. The van der Waals surface area contributed by atoms with Crippen molar-refractivity contribution in [3.63, 3.8) is 0 Å². The first-order valence-electron chi connectivity index (χ1n) is 10.2. The smallest absolute Gasteiger partial charge is 0.416 e. The fourth-order valence-electron chi connectivity index (χ4n) is 3.67. The molecule has 0 atom stereocenters. The van der Waals surface area contributed by atoms with E-state index in [0.29, 0.717) is 33.3 Å². The summed E-state index contributed by atoms with van der Waals surface area (Å²) in [5, 5.41) is 4.99. The number of pyridine rings is 1. The molecule has 170 valence electrons. The first-order chi connectivity index (χ1) is 16.3. The maximum atomic E-state index is 13.2. The molecule has 0 saturated carbocycles. The van der Waals surface area contributed by atoms with E-state index in [1.807, 2.05) is 0 Å². The van der Waals surface area contributed by atoms with Gasteiger partial charge in [0.15, 0.2) is 0 Å². The van der Waals surface area contributed by atoms with Crippen molar-refractivity contribution in [3.05, 3.63) is 94.9 Å². The summed E-state index contributed by atoms with van der Waals surface area (Å²) < 4.78 is 50.8. The Morgan fingerprint density at radius 3 is 2.38 bits per heavy atom. The van der Waals surface area contributed by atoms with Gasteiger partial charge < -0.3 is 9.26 Å². The van der Waals surface area contributed by atoms with Crippen molar-refractivity contribution in [2.45, 2.75) is 6.18 Å². The van der Waals surface area contributed by atoms with Crippen molar-refractivity contribution in [2.75, 3.05) is 7.11 Å². The van der Waals surface area contributed by atoms with Gasteiger partial charge in [-0.15, -0.1) is 0 Å². The molecule has 6 nitrogen and oxygen atoms in total. The lowest BCUT2D eigenvalue weighted by Gasteiger charge is -2.11. The summed E-state index contributed by atoms with van der Waals surface area (Å²) in [5.41, 5.74) is 0.447. The Morgan fingerprint density at radius 1 is 0.941 bits per heavy atom. The SMILES string of the molecule is COc1cccc(-n2cc(-c3nc(-c4ccc(C(F)(F)F)cc4)no3)c3ccccc3c2=O)c1. The number of rotatable bonds is 4. The average Bonchev–Trinajstić information content (AvgIpc) is 3.34. The number of alkyl halides is 3. The van der Waals surface area contributed by atoms with E-state index in [4.69, 9.17) is 9.26 Å². The van der Waals surface area contributed by atoms with E-state index in [0.717, 1.165) is 12.1 Å². The maximum absolute atomic E-state index is 13.2. The topological polar surface area (TPSA) is 70.2 Å². The monoisotopic (exact) mass is 463 g/mol. The molecule has 0 fully saturated rings. The van der Waals surface area contributed by atoms with Crippen LogP contribution in [-0.2, 0) is 6.18 Å². The minimum atomic E-state index is -4.44. The van der Waals surface area contributed by atoms with Crippen molar-refractivity contribution in [3.8, 4) is 34.3 Å². The molecule has 2 heterocycles. The predicted octanol–water partition coefficient (Wildman–Crippen LogP) is 5.74. The molecule has 0 radical (unpaired) electrons. The van der Waals surface area contributed by atoms with Crippen LogP contribution in [-0.4, -0.2) is 21.8 Å². The highest BCUT2D eigenvalue weighted by molar-refractivity contribution is 5.94. The van der Waals surface area contributed by atoms with Crippen LogP contribution in [0.25, 0.3) is 39.3 Å². The van der Waals surface area contributed by atoms with E-state index in [9.17, 15) is 18.0 Å². The summed E-state index contributed by atoms with van der Waals surface area (Å²) in [4.78, 5) is 17.6. The fourth-order valence-corrected chi connectivity index (χ4v) is 3.67. The Hall–Kier alpha value is -4.40. The molecule has 0 aliphatic carbocycles. The molecular formula is C25H16F3N3O3. The van der Waals surface area contributed by atoms with Crippen LogP contribution in [0.4, 0.5) is 13.2 Å². The Labute approximate surface area is 190 Å².